The van der Waals surface area contributed by atoms with Gasteiger partial charge in [0.2, 0.25) is 0 Å². The molecule has 5 heteroatoms. The lowest BCUT2D eigenvalue weighted by Gasteiger charge is -2.00. The van der Waals surface area contributed by atoms with Gasteiger partial charge in [0, 0.05) is 5.56 Å². The van der Waals surface area contributed by atoms with Gasteiger partial charge in [-0.1, -0.05) is 42.1 Å². The standard InChI is InChI=1S/C17H13FN2OS/c18-14-8-6-13(7-9-14)16(21)11-22-17-19-10-15(20-17)12-4-2-1-3-5-12/h1-10H,11H2,(H,19,20). The molecule has 0 bridgehead atoms. The molecular weight excluding hydrogens is 299 g/mol. The summed E-state index contributed by atoms with van der Waals surface area (Å²) >= 11 is 1.33. The Labute approximate surface area is 131 Å². The number of hydrogen-bond acceptors (Lipinski definition) is 3. The summed E-state index contributed by atoms with van der Waals surface area (Å²) < 4.78 is 12.8. The Kier molecular flexibility index (Phi) is 4.34. The van der Waals surface area contributed by atoms with Crippen molar-refractivity contribution in [3.8, 4) is 11.3 Å². The van der Waals surface area contributed by atoms with E-state index in [9.17, 15) is 9.18 Å². The van der Waals surface area contributed by atoms with Crippen LogP contribution in [-0.4, -0.2) is 21.5 Å². The number of Topliss-reactive ketones (excluding diaryl/α,β-unsaturated/α-hetero) is 1. The number of imidazole rings is 1. The van der Waals surface area contributed by atoms with E-state index in [0.29, 0.717) is 10.7 Å². The van der Waals surface area contributed by atoms with Gasteiger partial charge in [-0.15, -0.1) is 0 Å². The molecule has 0 aliphatic heterocycles. The maximum absolute atomic E-state index is 12.8. The van der Waals surface area contributed by atoms with Crippen molar-refractivity contribution in [1.29, 1.82) is 0 Å². The second-order valence-electron chi connectivity index (χ2n) is 4.69. The van der Waals surface area contributed by atoms with E-state index in [1.165, 1.54) is 36.0 Å². The lowest BCUT2D eigenvalue weighted by atomic mass is 10.1. The molecule has 3 rings (SSSR count). The first-order valence-electron chi connectivity index (χ1n) is 6.74. The minimum Gasteiger partial charge on any atom is -0.333 e. The molecule has 0 unspecified atom stereocenters. The van der Waals surface area contributed by atoms with Crippen LogP contribution in [0.5, 0.6) is 0 Å². The number of carbonyl (C=O) groups is 1. The quantitative estimate of drug-likeness (QED) is 0.567. The van der Waals surface area contributed by atoms with Gasteiger partial charge in [0.15, 0.2) is 10.9 Å². The van der Waals surface area contributed by atoms with Crippen molar-refractivity contribution in [3.63, 3.8) is 0 Å². The average Bonchev–Trinajstić information content (AvgIpc) is 3.03. The Morgan fingerprint density at radius 2 is 1.82 bits per heavy atom. The molecular formula is C17H13FN2OS. The van der Waals surface area contributed by atoms with Gasteiger partial charge in [-0.05, 0) is 29.8 Å². The molecule has 0 radical (unpaired) electrons. The number of H-pyrrole nitrogens is 1. The smallest absolute Gasteiger partial charge is 0.173 e. The maximum Gasteiger partial charge on any atom is 0.173 e. The van der Waals surface area contributed by atoms with Crippen molar-refractivity contribution in [2.45, 2.75) is 5.16 Å². The highest BCUT2D eigenvalue weighted by Gasteiger charge is 2.09. The zero-order valence-corrected chi connectivity index (χ0v) is 12.4. The summed E-state index contributed by atoms with van der Waals surface area (Å²) in [7, 11) is 0. The number of aromatic nitrogens is 2. The first-order chi connectivity index (χ1) is 10.7. The summed E-state index contributed by atoms with van der Waals surface area (Å²) in [5.74, 6) is -0.140. The van der Waals surface area contributed by atoms with Crippen molar-refractivity contribution < 1.29 is 9.18 Å². The number of rotatable bonds is 5. The third-order valence-corrected chi connectivity index (χ3v) is 4.03. The number of hydrogen-bond donors (Lipinski definition) is 1. The van der Waals surface area contributed by atoms with Crippen LogP contribution < -0.4 is 0 Å². The number of benzene rings is 2. The van der Waals surface area contributed by atoms with Crippen LogP contribution in [0.25, 0.3) is 11.3 Å². The van der Waals surface area contributed by atoms with Gasteiger partial charge in [-0.2, -0.15) is 0 Å². The first kappa shape index (κ1) is 14.5. The minimum absolute atomic E-state index is 0.0531. The molecule has 1 heterocycles. The van der Waals surface area contributed by atoms with Gasteiger partial charge in [0.1, 0.15) is 5.82 Å². The fourth-order valence-corrected chi connectivity index (χ4v) is 2.74. The number of nitrogens with one attached hydrogen (secondary N) is 1. The lowest BCUT2D eigenvalue weighted by Crippen LogP contribution is -2.02. The predicted octanol–water partition coefficient (Wildman–Crippen LogP) is 4.19. The van der Waals surface area contributed by atoms with Gasteiger partial charge in [-0.3, -0.25) is 4.79 Å². The van der Waals surface area contributed by atoms with Gasteiger partial charge in [0.05, 0.1) is 17.6 Å². The van der Waals surface area contributed by atoms with Crippen LogP contribution in [0.3, 0.4) is 0 Å². The molecule has 110 valence electrons. The Balaban J connectivity index is 1.64. The van der Waals surface area contributed by atoms with Gasteiger partial charge in [0.25, 0.3) is 0 Å². The van der Waals surface area contributed by atoms with Crippen LogP contribution in [0, 0.1) is 5.82 Å². The molecule has 0 saturated heterocycles. The topological polar surface area (TPSA) is 45.8 Å². The molecule has 1 aromatic heterocycles. The summed E-state index contributed by atoms with van der Waals surface area (Å²) in [6.07, 6.45) is 1.75. The number of aromatic amines is 1. The first-order valence-corrected chi connectivity index (χ1v) is 7.73. The van der Waals surface area contributed by atoms with E-state index >= 15 is 0 Å². The Morgan fingerprint density at radius 1 is 1.09 bits per heavy atom. The van der Waals surface area contributed by atoms with Crippen molar-refractivity contribution >= 4 is 17.5 Å². The summed E-state index contributed by atoms with van der Waals surface area (Å²) in [5.41, 5.74) is 2.47. The van der Waals surface area contributed by atoms with E-state index in [0.717, 1.165) is 11.3 Å². The number of ketones is 1. The van der Waals surface area contributed by atoms with E-state index in [4.69, 9.17) is 0 Å². The van der Waals surface area contributed by atoms with Crippen LogP contribution in [0.1, 0.15) is 10.4 Å². The Morgan fingerprint density at radius 3 is 2.55 bits per heavy atom. The highest BCUT2D eigenvalue weighted by molar-refractivity contribution is 7.99. The van der Waals surface area contributed by atoms with Crippen molar-refractivity contribution in [2.75, 3.05) is 5.75 Å². The molecule has 0 amide bonds. The molecule has 0 aliphatic rings. The second-order valence-corrected chi connectivity index (χ2v) is 5.65. The minimum atomic E-state index is -0.345. The largest absolute Gasteiger partial charge is 0.333 e. The average molecular weight is 312 g/mol. The second kappa shape index (κ2) is 6.58. The van der Waals surface area contributed by atoms with E-state index < -0.39 is 0 Å². The van der Waals surface area contributed by atoms with Crippen molar-refractivity contribution in [2.24, 2.45) is 0 Å². The summed E-state index contributed by atoms with van der Waals surface area (Å²) in [6, 6.07) is 15.4. The van der Waals surface area contributed by atoms with E-state index in [1.54, 1.807) is 6.20 Å². The van der Waals surface area contributed by atoms with Crippen LogP contribution in [0.4, 0.5) is 4.39 Å². The molecule has 1 N–H and O–H groups in total. The Bertz CT molecular complexity index is 769. The molecule has 0 spiro atoms. The fourth-order valence-electron chi connectivity index (χ4n) is 1.99. The zero-order valence-electron chi connectivity index (χ0n) is 11.6. The van der Waals surface area contributed by atoms with Gasteiger partial charge < -0.3 is 4.98 Å². The molecule has 0 aliphatic carbocycles. The van der Waals surface area contributed by atoms with E-state index in [1.807, 2.05) is 30.3 Å². The molecule has 0 saturated carbocycles. The fraction of sp³-hybridized carbons (Fsp3) is 0.0588. The zero-order chi connectivity index (χ0) is 15.4. The number of thioether (sulfide) groups is 1. The van der Waals surface area contributed by atoms with E-state index in [-0.39, 0.29) is 17.4 Å². The highest BCUT2D eigenvalue weighted by atomic mass is 32.2. The third-order valence-electron chi connectivity index (χ3n) is 3.14. The van der Waals surface area contributed by atoms with Gasteiger partial charge in [-0.25, -0.2) is 9.37 Å². The molecule has 3 nitrogen and oxygen atoms in total. The van der Waals surface area contributed by atoms with Crippen LogP contribution in [0.2, 0.25) is 0 Å². The molecule has 22 heavy (non-hydrogen) atoms. The van der Waals surface area contributed by atoms with Crippen LogP contribution in [-0.2, 0) is 0 Å². The van der Waals surface area contributed by atoms with Gasteiger partial charge >= 0.3 is 0 Å². The monoisotopic (exact) mass is 312 g/mol. The lowest BCUT2D eigenvalue weighted by molar-refractivity contribution is 0.102. The van der Waals surface area contributed by atoms with Crippen LogP contribution >= 0.6 is 11.8 Å². The van der Waals surface area contributed by atoms with E-state index in [2.05, 4.69) is 9.97 Å². The molecule has 3 aromatic rings. The number of halogens is 1. The Hall–Kier alpha value is -2.40. The summed E-state index contributed by atoms with van der Waals surface area (Å²) in [6.45, 7) is 0. The normalized spacial score (nSPS) is 10.6. The number of nitrogens with zero attached hydrogens (tertiary/aromatic N) is 1. The van der Waals surface area contributed by atoms with Crippen molar-refractivity contribution in [3.05, 3.63) is 72.2 Å². The third kappa shape index (κ3) is 3.43. The molecule has 2 aromatic carbocycles. The van der Waals surface area contributed by atoms with Crippen molar-refractivity contribution in [1.82, 2.24) is 9.97 Å². The SMILES string of the molecule is O=C(CSc1ncc(-c2ccccc2)[nH]1)c1ccc(F)cc1. The summed E-state index contributed by atoms with van der Waals surface area (Å²) in [4.78, 5) is 19.5. The maximum atomic E-state index is 12.8. The molecule has 0 atom stereocenters. The predicted molar refractivity (Wildman–Crippen MR) is 85.5 cm³/mol. The summed E-state index contributed by atoms with van der Waals surface area (Å²) in [5, 5.41) is 0.689. The van der Waals surface area contributed by atoms with Crippen LogP contribution in [0.15, 0.2) is 66.0 Å². The highest BCUT2D eigenvalue weighted by Crippen LogP contribution is 2.21. The number of carbonyl (C=O) groups excluding carboxylic acids is 1. The molecule has 0 fully saturated rings.